The van der Waals surface area contributed by atoms with E-state index in [1.807, 2.05) is 6.92 Å². The molecule has 0 unspecified atom stereocenters. The van der Waals surface area contributed by atoms with Crippen LogP contribution in [0.15, 0.2) is 18.2 Å². The molecule has 0 amide bonds. The fraction of sp³-hybridized carbons (Fsp3) is 0.250. The molecule has 1 N–H and O–H groups in total. The standard InChI is InChI=1S/C12H12F2N4O/c1-3-15-11-16-10(17-12(18-11)19-2)7-4-5-8(13)9(14)6-7/h4-6H,3H2,1-2H3,(H,15,16,17,18). The second-order valence-corrected chi connectivity index (χ2v) is 3.63. The van der Waals surface area contributed by atoms with E-state index in [2.05, 4.69) is 20.3 Å². The number of rotatable bonds is 4. The minimum absolute atomic E-state index is 0.102. The van der Waals surface area contributed by atoms with Gasteiger partial charge in [-0.05, 0) is 25.1 Å². The molecule has 0 aliphatic heterocycles. The molecule has 0 radical (unpaired) electrons. The average Bonchev–Trinajstić information content (AvgIpc) is 2.42. The lowest BCUT2D eigenvalue weighted by molar-refractivity contribution is 0.379. The van der Waals surface area contributed by atoms with Gasteiger partial charge in [0.2, 0.25) is 5.95 Å². The van der Waals surface area contributed by atoms with Gasteiger partial charge in [0.25, 0.3) is 0 Å². The Morgan fingerprint density at radius 3 is 2.58 bits per heavy atom. The molecule has 2 aromatic rings. The maximum Gasteiger partial charge on any atom is 0.321 e. The van der Waals surface area contributed by atoms with Crippen LogP contribution in [-0.2, 0) is 0 Å². The van der Waals surface area contributed by atoms with Gasteiger partial charge in [0.1, 0.15) is 0 Å². The Hall–Kier alpha value is -2.31. The first-order chi connectivity index (χ1) is 9.13. The van der Waals surface area contributed by atoms with Gasteiger partial charge >= 0.3 is 6.01 Å². The minimum Gasteiger partial charge on any atom is -0.467 e. The molecule has 0 bridgehead atoms. The van der Waals surface area contributed by atoms with Crippen LogP contribution < -0.4 is 10.1 Å². The van der Waals surface area contributed by atoms with Crippen molar-refractivity contribution in [2.75, 3.05) is 19.0 Å². The molecule has 1 aromatic heterocycles. The summed E-state index contributed by atoms with van der Waals surface area (Å²) in [5.74, 6) is -1.35. The molecule has 1 aromatic carbocycles. The van der Waals surface area contributed by atoms with E-state index in [1.54, 1.807) is 0 Å². The highest BCUT2D eigenvalue weighted by molar-refractivity contribution is 5.56. The predicted octanol–water partition coefficient (Wildman–Crippen LogP) is 2.26. The van der Waals surface area contributed by atoms with Gasteiger partial charge < -0.3 is 10.1 Å². The summed E-state index contributed by atoms with van der Waals surface area (Å²) in [6.07, 6.45) is 0. The van der Waals surface area contributed by atoms with Crippen LogP contribution in [0.5, 0.6) is 6.01 Å². The van der Waals surface area contributed by atoms with Gasteiger partial charge in [0.15, 0.2) is 17.5 Å². The van der Waals surface area contributed by atoms with E-state index in [1.165, 1.54) is 13.2 Å². The lowest BCUT2D eigenvalue weighted by Crippen LogP contribution is -2.06. The molecule has 1 heterocycles. The topological polar surface area (TPSA) is 59.9 Å². The molecular formula is C12H12F2N4O. The quantitative estimate of drug-likeness (QED) is 0.919. The fourth-order valence-electron chi connectivity index (χ4n) is 1.45. The monoisotopic (exact) mass is 266 g/mol. The van der Waals surface area contributed by atoms with Gasteiger partial charge in [0, 0.05) is 12.1 Å². The average molecular weight is 266 g/mol. The summed E-state index contributed by atoms with van der Waals surface area (Å²) >= 11 is 0. The molecule has 0 aliphatic carbocycles. The normalized spacial score (nSPS) is 10.3. The van der Waals surface area contributed by atoms with E-state index in [9.17, 15) is 8.78 Å². The van der Waals surface area contributed by atoms with Crippen LogP contribution in [0.2, 0.25) is 0 Å². The van der Waals surface area contributed by atoms with E-state index in [-0.39, 0.29) is 11.8 Å². The first-order valence-corrected chi connectivity index (χ1v) is 5.63. The summed E-state index contributed by atoms with van der Waals surface area (Å²) in [4.78, 5) is 12.1. The fourth-order valence-corrected chi connectivity index (χ4v) is 1.45. The molecule has 0 saturated heterocycles. The number of ether oxygens (including phenoxy) is 1. The highest BCUT2D eigenvalue weighted by Gasteiger charge is 2.11. The third-order valence-corrected chi connectivity index (χ3v) is 2.31. The minimum atomic E-state index is -0.957. The number of nitrogens with zero attached hydrogens (tertiary/aromatic N) is 3. The number of nitrogens with one attached hydrogen (secondary N) is 1. The van der Waals surface area contributed by atoms with Gasteiger partial charge in [0.05, 0.1) is 7.11 Å². The summed E-state index contributed by atoms with van der Waals surface area (Å²) < 4.78 is 31.0. The Morgan fingerprint density at radius 1 is 1.16 bits per heavy atom. The zero-order chi connectivity index (χ0) is 13.8. The summed E-state index contributed by atoms with van der Waals surface area (Å²) in [6, 6.07) is 3.54. The lowest BCUT2D eigenvalue weighted by Gasteiger charge is -2.07. The Kier molecular flexibility index (Phi) is 3.84. The van der Waals surface area contributed by atoms with Crippen molar-refractivity contribution in [1.82, 2.24) is 15.0 Å². The van der Waals surface area contributed by atoms with Crippen LogP contribution in [-0.4, -0.2) is 28.6 Å². The number of anilines is 1. The SMILES string of the molecule is CCNc1nc(OC)nc(-c2ccc(F)c(F)c2)n1. The van der Waals surface area contributed by atoms with E-state index >= 15 is 0 Å². The molecule has 100 valence electrons. The van der Waals surface area contributed by atoms with Crippen molar-refractivity contribution in [1.29, 1.82) is 0 Å². The molecule has 0 atom stereocenters. The number of hydrogen-bond acceptors (Lipinski definition) is 5. The smallest absolute Gasteiger partial charge is 0.321 e. The zero-order valence-corrected chi connectivity index (χ0v) is 10.4. The Labute approximate surface area is 108 Å². The zero-order valence-electron chi connectivity index (χ0n) is 10.4. The third kappa shape index (κ3) is 2.93. The van der Waals surface area contributed by atoms with E-state index in [0.29, 0.717) is 18.1 Å². The second-order valence-electron chi connectivity index (χ2n) is 3.63. The Morgan fingerprint density at radius 2 is 1.95 bits per heavy atom. The second kappa shape index (κ2) is 5.55. The molecule has 0 aliphatic rings. The van der Waals surface area contributed by atoms with Crippen molar-refractivity contribution in [2.24, 2.45) is 0 Å². The van der Waals surface area contributed by atoms with E-state index in [0.717, 1.165) is 12.1 Å². The number of benzene rings is 1. The Bertz CT molecular complexity index is 592. The van der Waals surface area contributed by atoms with Gasteiger partial charge in [-0.15, -0.1) is 0 Å². The number of halogens is 2. The summed E-state index contributed by atoms with van der Waals surface area (Å²) in [6.45, 7) is 2.50. The van der Waals surface area contributed by atoms with E-state index < -0.39 is 11.6 Å². The molecule has 7 heteroatoms. The van der Waals surface area contributed by atoms with Gasteiger partial charge in [-0.1, -0.05) is 0 Å². The summed E-state index contributed by atoms with van der Waals surface area (Å²) in [5.41, 5.74) is 0.346. The van der Waals surface area contributed by atoms with Crippen LogP contribution in [0.3, 0.4) is 0 Å². The van der Waals surface area contributed by atoms with Crippen LogP contribution in [0.1, 0.15) is 6.92 Å². The molecule has 19 heavy (non-hydrogen) atoms. The van der Waals surface area contributed by atoms with Crippen LogP contribution in [0.4, 0.5) is 14.7 Å². The third-order valence-electron chi connectivity index (χ3n) is 2.31. The Balaban J connectivity index is 2.47. The molecule has 0 saturated carbocycles. The van der Waals surface area contributed by atoms with Crippen molar-refractivity contribution in [3.05, 3.63) is 29.8 Å². The van der Waals surface area contributed by atoms with Gasteiger partial charge in [-0.25, -0.2) is 8.78 Å². The molecule has 2 rings (SSSR count). The number of methoxy groups -OCH3 is 1. The van der Waals surface area contributed by atoms with Crippen LogP contribution >= 0.6 is 0 Å². The van der Waals surface area contributed by atoms with Gasteiger partial charge in [-0.2, -0.15) is 15.0 Å². The molecule has 5 nitrogen and oxygen atoms in total. The largest absolute Gasteiger partial charge is 0.467 e. The lowest BCUT2D eigenvalue weighted by atomic mass is 10.2. The van der Waals surface area contributed by atoms with Crippen molar-refractivity contribution in [3.63, 3.8) is 0 Å². The van der Waals surface area contributed by atoms with Crippen molar-refractivity contribution in [2.45, 2.75) is 6.92 Å². The first kappa shape index (κ1) is 13.1. The van der Waals surface area contributed by atoms with Crippen molar-refractivity contribution in [3.8, 4) is 17.4 Å². The maximum atomic E-state index is 13.2. The molecule has 0 fully saturated rings. The highest BCUT2D eigenvalue weighted by atomic mass is 19.2. The summed E-state index contributed by atoms with van der Waals surface area (Å²) in [5, 5.41) is 2.91. The highest BCUT2D eigenvalue weighted by Crippen LogP contribution is 2.20. The molecule has 0 spiro atoms. The van der Waals surface area contributed by atoms with Crippen LogP contribution in [0, 0.1) is 11.6 Å². The predicted molar refractivity (Wildman–Crippen MR) is 65.9 cm³/mol. The summed E-state index contributed by atoms with van der Waals surface area (Å²) in [7, 11) is 1.42. The van der Waals surface area contributed by atoms with Crippen molar-refractivity contribution >= 4 is 5.95 Å². The molecular weight excluding hydrogens is 254 g/mol. The van der Waals surface area contributed by atoms with Crippen LogP contribution in [0.25, 0.3) is 11.4 Å². The number of hydrogen-bond donors (Lipinski definition) is 1. The number of aromatic nitrogens is 3. The van der Waals surface area contributed by atoms with E-state index in [4.69, 9.17) is 4.74 Å². The first-order valence-electron chi connectivity index (χ1n) is 5.63. The van der Waals surface area contributed by atoms with Gasteiger partial charge in [-0.3, -0.25) is 0 Å². The maximum absolute atomic E-state index is 13.2. The van der Waals surface area contributed by atoms with Crippen molar-refractivity contribution < 1.29 is 13.5 Å².